The molecule has 2 atom stereocenters. The van der Waals surface area contributed by atoms with Crippen LogP contribution in [0, 0.1) is 11.2 Å². The van der Waals surface area contributed by atoms with E-state index in [9.17, 15) is 14.6 Å². The Morgan fingerprint density at radius 3 is 2.33 bits per heavy atom. The molecule has 0 fully saturated rings. The highest BCUT2D eigenvalue weighted by Crippen LogP contribution is 2.29. The van der Waals surface area contributed by atoms with Gasteiger partial charge in [0.2, 0.25) is 0 Å². The minimum atomic E-state index is -1.12. The number of pyridine rings is 1. The van der Waals surface area contributed by atoms with E-state index in [0.717, 1.165) is 6.20 Å². The van der Waals surface area contributed by atoms with Gasteiger partial charge in [0.25, 0.3) is 0 Å². The Bertz CT molecular complexity index is 336. The summed E-state index contributed by atoms with van der Waals surface area (Å²) in [5.41, 5.74) is -0.177. The van der Waals surface area contributed by atoms with Crippen LogP contribution in [0.3, 0.4) is 0 Å². The number of aliphatic hydroxyl groups excluding tert-OH is 2. The van der Waals surface area contributed by atoms with Gasteiger partial charge in [-0.1, -0.05) is 20.8 Å². The van der Waals surface area contributed by atoms with Crippen molar-refractivity contribution >= 4 is 0 Å². The lowest BCUT2D eigenvalue weighted by molar-refractivity contribution is -0.0460. The quantitative estimate of drug-likeness (QED) is 0.785. The highest BCUT2D eigenvalue weighted by atomic mass is 19.1. The van der Waals surface area contributed by atoms with Crippen molar-refractivity contribution in [1.29, 1.82) is 0 Å². The van der Waals surface area contributed by atoms with Gasteiger partial charge >= 0.3 is 0 Å². The Morgan fingerprint density at radius 1 is 1.27 bits per heavy atom. The molecule has 2 unspecified atom stereocenters. The number of aliphatic hydroxyl groups is 2. The molecule has 1 aromatic rings. The first kappa shape index (κ1) is 12.1. The lowest BCUT2D eigenvalue weighted by Crippen LogP contribution is -2.32. The first-order chi connectivity index (χ1) is 6.82. The van der Waals surface area contributed by atoms with Crippen molar-refractivity contribution in [3.8, 4) is 0 Å². The summed E-state index contributed by atoms with van der Waals surface area (Å²) in [6.07, 6.45) is 0.330. The first-order valence-electron chi connectivity index (χ1n) is 4.79. The second kappa shape index (κ2) is 4.24. The van der Waals surface area contributed by atoms with Gasteiger partial charge in [0, 0.05) is 11.8 Å². The van der Waals surface area contributed by atoms with E-state index in [2.05, 4.69) is 4.98 Å². The molecular formula is C11H16FNO2. The molecule has 15 heavy (non-hydrogen) atoms. The number of hydrogen-bond acceptors (Lipinski definition) is 3. The van der Waals surface area contributed by atoms with Gasteiger partial charge in [-0.15, -0.1) is 0 Å². The summed E-state index contributed by atoms with van der Waals surface area (Å²) >= 11 is 0. The Labute approximate surface area is 88.6 Å². The fraction of sp³-hybridized carbons (Fsp3) is 0.545. The predicted octanol–water partition coefficient (Wildman–Crippen LogP) is 1.66. The zero-order valence-corrected chi connectivity index (χ0v) is 9.11. The number of aromatic nitrogens is 1. The largest absolute Gasteiger partial charge is 0.390 e. The molecule has 0 radical (unpaired) electrons. The van der Waals surface area contributed by atoms with Gasteiger partial charge in [-0.2, -0.15) is 0 Å². The maximum absolute atomic E-state index is 12.8. The summed E-state index contributed by atoms with van der Waals surface area (Å²) in [7, 11) is 0. The average molecular weight is 213 g/mol. The van der Waals surface area contributed by atoms with Crippen LogP contribution in [0.25, 0.3) is 0 Å². The zero-order chi connectivity index (χ0) is 11.6. The highest BCUT2D eigenvalue weighted by Gasteiger charge is 2.30. The maximum Gasteiger partial charge on any atom is 0.141 e. The van der Waals surface area contributed by atoms with Crippen LogP contribution >= 0.6 is 0 Å². The third-order valence-electron chi connectivity index (χ3n) is 2.25. The van der Waals surface area contributed by atoms with E-state index in [1.54, 1.807) is 20.8 Å². The van der Waals surface area contributed by atoms with E-state index >= 15 is 0 Å². The van der Waals surface area contributed by atoms with E-state index in [0.29, 0.717) is 0 Å². The number of hydrogen-bond donors (Lipinski definition) is 2. The second-order valence-electron chi connectivity index (χ2n) is 4.69. The monoisotopic (exact) mass is 213 g/mol. The third-order valence-corrected chi connectivity index (χ3v) is 2.25. The molecule has 1 rings (SSSR count). The van der Waals surface area contributed by atoms with Crippen LogP contribution < -0.4 is 0 Å². The smallest absolute Gasteiger partial charge is 0.141 e. The van der Waals surface area contributed by atoms with Crippen LogP contribution in [-0.2, 0) is 0 Å². The molecule has 0 spiro atoms. The maximum atomic E-state index is 12.8. The molecule has 2 N–H and O–H groups in total. The Hall–Kier alpha value is -1.00. The summed E-state index contributed by atoms with van der Waals surface area (Å²) in [5.74, 6) is -0.521. The highest BCUT2D eigenvalue weighted by molar-refractivity contribution is 5.15. The van der Waals surface area contributed by atoms with Crippen molar-refractivity contribution in [3.63, 3.8) is 0 Å². The van der Waals surface area contributed by atoms with Gasteiger partial charge < -0.3 is 10.2 Å². The lowest BCUT2D eigenvalue weighted by atomic mass is 9.84. The van der Waals surface area contributed by atoms with Crippen LogP contribution in [0.2, 0.25) is 0 Å². The van der Waals surface area contributed by atoms with Gasteiger partial charge in [0.1, 0.15) is 11.9 Å². The number of nitrogens with zero attached hydrogens (tertiary/aromatic N) is 1. The minimum absolute atomic E-state index is 0.289. The predicted molar refractivity (Wildman–Crippen MR) is 54.6 cm³/mol. The molecule has 1 aromatic heterocycles. The number of rotatable bonds is 2. The molecule has 3 nitrogen and oxygen atoms in total. The van der Waals surface area contributed by atoms with Crippen LogP contribution in [0.4, 0.5) is 4.39 Å². The molecule has 1 heterocycles. The molecule has 0 amide bonds. The van der Waals surface area contributed by atoms with Crippen LogP contribution in [0.5, 0.6) is 0 Å². The molecule has 0 saturated heterocycles. The normalized spacial score (nSPS) is 16.1. The molecule has 4 heteroatoms. The minimum Gasteiger partial charge on any atom is -0.390 e. The van der Waals surface area contributed by atoms with Gasteiger partial charge in [-0.3, -0.25) is 4.98 Å². The van der Waals surface area contributed by atoms with E-state index in [4.69, 9.17) is 0 Å². The SMILES string of the molecule is CC(C)(C)C(O)C(O)c1cncc(F)c1. The average Bonchev–Trinajstić information content (AvgIpc) is 2.14. The van der Waals surface area contributed by atoms with Crippen molar-refractivity contribution in [1.82, 2.24) is 4.98 Å². The van der Waals surface area contributed by atoms with Crippen LogP contribution in [0.15, 0.2) is 18.5 Å². The Morgan fingerprint density at radius 2 is 1.87 bits per heavy atom. The zero-order valence-electron chi connectivity index (χ0n) is 9.11. The van der Waals surface area contributed by atoms with Gasteiger partial charge in [-0.25, -0.2) is 4.39 Å². The summed E-state index contributed by atoms with van der Waals surface area (Å²) < 4.78 is 12.8. The Balaban J connectivity index is 2.90. The van der Waals surface area contributed by atoms with E-state index in [-0.39, 0.29) is 5.56 Å². The van der Waals surface area contributed by atoms with Crippen LogP contribution in [0.1, 0.15) is 32.4 Å². The summed E-state index contributed by atoms with van der Waals surface area (Å²) in [6, 6.07) is 1.17. The van der Waals surface area contributed by atoms with Gasteiger partial charge in [-0.05, 0) is 11.5 Å². The molecule has 0 bridgehead atoms. The molecule has 0 saturated carbocycles. The topological polar surface area (TPSA) is 53.4 Å². The Kier molecular flexibility index (Phi) is 3.42. The molecule has 84 valence electrons. The van der Waals surface area contributed by atoms with Crippen molar-refractivity contribution in [2.24, 2.45) is 5.41 Å². The fourth-order valence-electron chi connectivity index (χ4n) is 1.25. The van der Waals surface area contributed by atoms with E-state index < -0.39 is 23.4 Å². The molecule has 0 aromatic carbocycles. The van der Waals surface area contributed by atoms with E-state index in [1.165, 1.54) is 12.3 Å². The van der Waals surface area contributed by atoms with Crippen LogP contribution in [-0.4, -0.2) is 21.3 Å². The van der Waals surface area contributed by atoms with Crippen molar-refractivity contribution in [2.75, 3.05) is 0 Å². The molecule has 0 aliphatic heterocycles. The fourth-order valence-corrected chi connectivity index (χ4v) is 1.25. The van der Waals surface area contributed by atoms with Gasteiger partial charge in [0.05, 0.1) is 12.3 Å². The standard InChI is InChI=1S/C11H16FNO2/c1-11(2,3)10(15)9(14)7-4-8(12)6-13-5-7/h4-6,9-10,14-15H,1-3H3. The van der Waals surface area contributed by atoms with E-state index in [1.807, 2.05) is 0 Å². The first-order valence-corrected chi connectivity index (χ1v) is 4.79. The van der Waals surface area contributed by atoms with Gasteiger partial charge in [0.15, 0.2) is 0 Å². The number of halogens is 1. The van der Waals surface area contributed by atoms with Crippen molar-refractivity contribution in [3.05, 3.63) is 29.8 Å². The molecular weight excluding hydrogens is 197 g/mol. The summed E-state index contributed by atoms with van der Waals surface area (Å²) in [4.78, 5) is 3.62. The molecule has 0 aliphatic carbocycles. The third kappa shape index (κ3) is 2.97. The summed E-state index contributed by atoms with van der Waals surface area (Å²) in [6.45, 7) is 5.40. The second-order valence-corrected chi connectivity index (χ2v) is 4.69. The van der Waals surface area contributed by atoms with Crippen molar-refractivity contribution < 1.29 is 14.6 Å². The summed E-state index contributed by atoms with van der Waals surface area (Å²) in [5, 5.41) is 19.6. The molecule has 0 aliphatic rings. The lowest BCUT2D eigenvalue weighted by Gasteiger charge is -2.29. The van der Waals surface area contributed by atoms with Crippen molar-refractivity contribution in [2.45, 2.75) is 33.0 Å².